The summed E-state index contributed by atoms with van der Waals surface area (Å²) in [6, 6.07) is 23.9. The van der Waals surface area contributed by atoms with Crippen LogP contribution in [0.5, 0.6) is 11.5 Å². The Kier molecular flexibility index (Phi) is 29.2. The van der Waals surface area contributed by atoms with Crippen LogP contribution in [-0.2, 0) is 125 Å². The van der Waals surface area contributed by atoms with Crippen molar-refractivity contribution in [3.63, 3.8) is 0 Å². The molecule has 67 heteroatoms. The molecule has 4 fully saturated rings. The summed E-state index contributed by atoms with van der Waals surface area (Å²) in [4.78, 5) is 204. The minimum absolute atomic E-state index is 0.0791. The number of hydrogen-bond donors (Lipinski definition) is 17. The van der Waals surface area contributed by atoms with Gasteiger partial charge in [0.15, 0.2) is 67.3 Å². The number of aromatic amines is 6. The molecule has 0 bridgehead atoms. The maximum absolute atomic E-state index is 14.8. The molecular weight excluding hydrogens is 2020 g/mol. The topological polar surface area (TPSA) is 866 Å². The zero-order valence-corrected chi connectivity index (χ0v) is 78.9. The SMILES string of the molecule is Cc1cn([C@H]2C[C@H](OP(=O)(O)OC[C@H]3O[C@@H](n4cnc5c(=O)[nH]c(N)nc54)C[C@@H]3OP(=O)(O)OC[C@H]3O[C@@H](n4cnc5c(=O)[nH]c(N)nc54)C[C@@H]3OP(=O)(O)OC[C@H]3O[C@@H](n4cnc5c(=O)[nH]c(N)nc54)C[C@@H]3OP(=O)(O)OC[C@H](Cn3cnc4c(=O)[nH]c(N)nc43)OP(=O)(O)OC[C@@H](O)Cn3cnc4c(=O)[nH]c(N)nc43)[C@@H](COCc3ccc(OCc4ccccc4)c(OCc4ccccc4)c3)O2)c(=O)[nH]c1=O. The van der Waals surface area contributed by atoms with Crippen LogP contribution in [-0.4, -0.2) is 237 Å². The summed E-state index contributed by atoms with van der Waals surface area (Å²) in [5.74, 6) is -1.15. The molecule has 0 radical (unpaired) electrons. The smallest absolute Gasteiger partial charge is 0.472 e. The largest absolute Gasteiger partial charge is 0.485 e. The third-order valence-corrected chi connectivity index (χ3v) is 27.8. The summed E-state index contributed by atoms with van der Waals surface area (Å²) in [7, 11) is -28.1. The van der Waals surface area contributed by atoms with Gasteiger partial charge in [0.2, 0.25) is 29.7 Å². The first-order chi connectivity index (χ1) is 68.6. The molecule has 11 aromatic heterocycles. The third-order valence-electron chi connectivity index (χ3n) is 22.7. The number of hydrogen-bond acceptors (Lipinski definition) is 45. The summed E-state index contributed by atoms with van der Waals surface area (Å²) in [6.07, 6.45) is -18.4. The van der Waals surface area contributed by atoms with Gasteiger partial charge in [-0.15, -0.1) is 0 Å². The number of nitrogens with two attached hydrogens (primary N) is 5. The number of nitrogen functional groups attached to an aromatic ring is 5. The second-order valence-electron chi connectivity index (χ2n) is 32.9. The molecule has 0 saturated carbocycles. The van der Waals surface area contributed by atoms with Gasteiger partial charge in [-0.25, -0.2) is 52.5 Å². The van der Waals surface area contributed by atoms with Gasteiger partial charge in [-0.3, -0.25) is 122 Å². The van der Waals surface area contributed by atoms with Gasteiger partial charge in [-0.2, -0.15) is 24.9 Å². The monoisotopic (exact) mass is 2110 g/mol. The number of phosphoric ester groups is 5. The Morgan fingerprint density at radius 3 is 1.17 bits per heavy atom. The van der Waals surface area contributed by atoms with E-state index in [-0.39, 0.29) is 106 Å². The average molecular weight is 2110 g/mol. The van der Waals surface area contributed by atoms with Crippen molar-refractivity contribution in [2.45, 2.75) is 151 Å². The highest BCUT2D eigenvalue weighted by molar-refractivity contribution is 7.48. The van der Waals surface area contributed by atoms with Gasteiger partial charge in [0, 0.05) is 37.4 Å². The Morgan fingerprint density at radius 2 is 0.750 bits per heavy atom. The first-order valence-corrected chi connectivity index (χ1v) is 50.6. The van der Waals surface area contributed by atoms with Gasteiger partial charge in [0.05, 0.1) is 97.1 Å². The van der Waals surface area contributed by atoms with Gasteiger partial charge in [-0.05, 0) is 35.7 Å². The molecule has 4 saturated heterocycles. The van der Waals surface area contributed by atoms with Crippen LogP contribution in [0.1, 0.15) is 72.8 Å². The van der Waals surface area contributed by atoms with Crippen molar-refractivity contribution in [1.29, 1.82) is 0 Å². The second kappa shape index (κ2) is 41.6. The van der Waals surface area contributed by atoms with Crippen LogP contribution in [0.15, 0.2) is 150 Å². The fourth-order valence-electron chi connectivity index (χ4n) is 16.1. The molecule has 19 atom stereocenters. The van der Waals surface area contributed by atoms with Crippen LogP contribution < -0.4 is 77.2 Å². The number of nitrogens with one attached hydrogen (secondary N) is 6. The number of aliphatic hydroxyl groups is 1. The predicted molar refractivity (Wildman–Crippen MR) is 490 cm³/mol. The third kappa shape index (κ3) is 23.5. The molecule has 3 aromatic carbocycles. The lowest BCUT2D eigenvalue weighted by Crippen LogP contribution is -2.33. The van der Waals surface area contributed by atoms with E-state index in [0.29, 0.717) is 17.1 Å². The van der Waals surface area contributed by atoms with Crippen LogP contribution in [0.2, 0.25) is 0 Å². The number of rotatable bonds is 43. The van der Waals surface area contributed by atoms with E-state index < -0.39 is 247 Å². The molecule has 144 heavy (non-hydrogen) atoms. The maximum atomic E-state index is 14.8. The van der Waals surface area contributed by atoms with E-state index >= 15 is 0 Å². The summed E-state index contributed by atoms with van der Waals surface area (Å²) in [5, 5.41) is 11.0. The summed E-state index contributed by atoms with van der Waals surface area (Å²) in [5.41, 5.74) is 23.9. The van der Waals surface area contributed by atoms with Gasteiger partial charge in [0.25, 0.3) is 33.4 Å². The van der Waals surface area contributed by atoms with Crippen molar-refractivity contribution in [1.82, 2.24) is 107 Å². The fourth-order valence-corrected chi connectivity index (χ4v) is 20.9. The molecule has 4 aliphatic heterocycles. The van der Waals surface area contributed by atoms with E-state index in [4.69, 9.17) is 107 Å². The van der Waals surface area contributed by atoms with Gasteiger partial charge < -0.3 is 101 Å². The van der Waals surface area contributed by atoms with Crippen molar-refractivity contribution in [2.24, 2.45) is 0 Å². The molecule has 4 aliphatic rings. The first-order valence-electron chi connectivity index (χ1n) is 43.2. The number of nitrogens with zero attached hydrogens (tertiary/aromatic N) is 16. The standard InChI is InChI=1S/C77H88N27O35P5/c1-36-19-101(77(112)98-66(36)106)52-15-44(48(131-52)27-123-22-39-12-13-42(124-23-37-8-4-2-5-9-37)43(14-39)125-24-38-10-6-3-7-11-38)136-142(117,118)128-29-50-46(17-54(133-50)103-34-86-59-64(103)91-75(81)96-70(59)110)138-144(121,122)130-30-51-47(18-55(134-51)104-35-87-60-65(104)92-76(82)97-71(60)111)139-143(119,120)129-28-49-45(16-53(132-49)102-33-85-58-63(102)90-74(80)95-69(58)109)137-141(115,116)127-26-41(21-100-32-84-57-62(100)89-73(79)94-68(57)108)135-140(113,114)126-25-40(105)20-99-31-83-56-61(99)88-72(78)93-67(56)107/h2-14,19,31-35,40-41,44-55,105H,15-18,20-30H2,1H3,(H,113,114)(H,115,116)(H,117,118)(H,119,120)(H,121,122)(H,98,106,112)(H3,78,88,93,107)(H3,79,89,94,108)(H3,80,90,95,109)(H3,81,91,96,110)(H3,82,92,97,111)/t40-,41-,44-,45-,46-,47-,48+,49+,50+,51+,52+,53+,54+,55+/m0/s1. The number of anilines is 5. The van der Waals surface area contributed by atoms with Crippen molar-refractivity contribution in [3.8, 4) is 11.5 Å². The Hall–Kier alpha value is -13.0. The molecule has 0 aliphatic carbocycles. The Balaban J connectivity index is 0.572. The molecule has 15 heterocycles. The number of aromatic nitrogens is 22. The second-order valence-corrected chi connectivity index (χ2v) is 40.0. The highest BCUT2D eigenvalue weighted by Gasteiger charge is 2.51. The van der Waals surface area contributed by atoms with Gasteiger partial charge in [0.1, 0.15) is 93.1 Å². The quantitative estimate of drug-likeness (QED) is 0.0235. The van der Waals surface area contributed by atoms with E-state index in [1.807, 2.05) is 60.7 Å². The molecule has 14 aromatic rings. The predicted octanol–water partition coefficient (Wildman–Crippen LogP) is 0.819. The molecule has 62 nitrogen and oxygen atoms in total. The van der Waals surface area contributed by atoms with Crippen molar-refractivity contribution in [2.75, 3.05) is 68.3 Å². The van der Waals surface area contributed by atoms with Crippen molar-refractivity contribution >= 4 is 125 Å². The summed E-state index contributed by atoms with van der Waals surface area (Å²) >= 11 is 0. The molecule has 766 valence electrons. The van der Waals surface area contributed by atoms with Crippen LogP contribution >= 0.6 is 39.1 Å². The lowest BCUT2D eigenvalue weighted by atomic mass is 10.2. The lowest BCUT2D eigenvalue weighted by molar-refractivity contribution is -0.0711. The van der Waals surface area contributed by atoms with Gasteiger partial charge in [-0.1, -0.05) is 66.7 Å². The van der Waals surface area contributed by atoms with Crippen LogP contribution in [0.3, 0.4) is 0 Å². The minimum Gasteiger partial charge on any atom is -0.485 e. The molecule has 0 amide bonds. The Bertz CT molecular complexity index is 7850. The van der Waals surface area contributed by atoms with E-state index in [1.54, 1.807) is 18.2 Å². The van der Waals surface area contributed by atoms with Crippen LogP contribution in [0.25, 0.3) is 55.8 Å². The van der Waals surface area contributed by atoms with E-state index in [9.17, 15) is 86.0 Å². The number of benzene rings is 3. The average Bonchev–Trinajstić information content (AvgIpc) is 1.62. The summed E-state index contributed by atoms with van der Waals surface area (Å²) < 4.78 is 179. The Morgan fingerprint density at radius 1 is 0.396 bits per heavy atom. The molecular formula is C77H88N27O35P5. The highest BCUT2D eigenvalue weighted by Crippen LogP contribution is 2.56. The first kappa shape index (κ1) is 101. The highest BCUT2D eigenvalue weighted by atomic mass is 31.2. The minimum atomic E-state index is -5.73. The van der Waals surface area contributed by atoms with Crippen molar-refractivity contribution < 1.29 is 131 Å². The number of aliphatic hydroxyl groups excluding tert-OH is 1. The number of phosphoric acid groups is 5. The normalized spacial score (nSPS) is 22.9. The number of ether oxygens (including phenoxy) is 7. The number of aryl methyl sites for hydroxylation is 1. The van der Waals surface area contributed by atoms with E-state index in [0.717, 1.165) is 61.0 Å². The lowest BCUT2D eigenvalue weighted by Gasteiger charge is -2.26. The number of imidazole rings is 5. The Labute approximate surface area is 802 Å². The number of H-pyrrole nitrogens is 6. The maximum Gasteiger partial charge on any atom is 0.472 e. The van der Waals surface area contributed by atoms with E-state index in [1.165, 1.54) is 22.3 Å². The molecule has 0 spiro atoms. The van der Waals surface area contributed by atoms with Gasteiger partial charge >= 0.3 is 44.8 Å². The molecule has 22 N–H and O–H groups in total. The van der Waals surface area contributed by atoms with Crippen molar-refractivity contribution in [3.05, 3.63) is 212 Å². The summed E-state index contributed by atoms with van der Waals surface area (Å²) in [6.45, 7) is -5.49. The van der Waals surface area contributed by atoms with Crippen LogP contribution in [0, 0.1) is 6.92 Å². The van der Waals surface area contributed by atoms with Crippen LogP contribution in [0.4, 0.5) is 29.7 Å². The molecule has 18 rings (SSSR count). The zero-order chi connectivity index (χ0) is 102. The van der Waals surface area contributed by atoms with E-state index in [2.05, 4.69) is 79.7 Å². The zero-order valence-electron chi connectivity index (χ0n) is 74.5. The number of fused-ring (bicyclic) bond motifs is 5. The fraction of sp³-hybridized carbons (Fsp3) is 0.390. The molecule has 5 unspecified atom stereocenters.